The summed E-state index contributed by atoms with van der Waals surface area (Å²) in [7, 11) is 0. The van der Waals surface area contributed by atoms with Crippen molar-refractivity contribution in [2.45, 2.75) is 39.8 Å². The summed E-state index contributed by atoms with van der Waals surface area (Å²) in [6.07, 6.45) is 0. The molecule has 2 rings (SSSR count). The first-order chi connectivity index (χ1) is 9.54. The van der Waals surface area contributed by atoms with Crippen molar-refractivity contribution in [2.24, 2.45) is 5.73 Å². The van der Waals surface area contributed by atoms with Crippen molar-refractivity contribution in [3.8, 4) is 0 Å². The first-order valence-electron chi connectivity index (χ1n) is 7.79. The zero-order valence-electron chi connectivity index (χ0n) is 13.4. The van der Waals surface area contributed by atoms with Crippen LogP contribution in [0.15, 0.2) is 18.2 Å². The largest absolute Gasteiger partial charge is 0.329 e. The molecule has 20 heavy (non-hydrogen) atoms. The molecule has 1 aromatic rings. The molecule has 1 aliphatic rings. The third-order valence-electron chi connectivity index (χ3n) is 4.75. The van der Waals surface area contributed by atoms with Crippen LogP contribution >= 0.6 is 0 Å². The first-order valence-corrected chi connectivity index (χ1v) is 7.79. The average Bonchev–Trinajstić information content (AvgIpc) is 2.45. The number of nitrogens with zero attached hydrogens (tertiary/aromatic N) is 2. The minimum absolute atomic E-state index is 0.365. The lowest BCUT2D eigenvalue weighted by atomic mass is 9.96. The summed E-state index contributed by atoms with van der Waals surface area (Å²) in [6, 6.07) is 7.60. The van der Waals surface area contributed by atoms with E-state index in [0.29, 0.717) is 18.6 Å². The molecule has 1 heterocycles. The van der Waals surface area contributed by atoms with E-state index in [2.05, 4.69) is 55.7 Å². The number of aryl methyl sites for hydroxylation is 1. The van der Waals surface area contributed by atoms with E-state index in [1.807, 2.05) is 0 Å². The summed E-state index contributed by atoms with van der Waals surface area (Å²) in [5, 5.41) is 0. The fraction of sp³-hybridized carbons (Fsp3) is 0.647. The van der Waals surface area contributed by atoms with Gasteiger partial charge in [0.25, 0.3) is 0 Å². The highest BCUT2D eigenvalue weighted by Gasteiger charge is 2.26. The molecule has 112 valence electrons. The highest BCUT2D eigenvalue weighted by molar-refractivity contribution is 5.35. The molecule has 0 radical (unpaired) electrons. The van der Waals surface area contributed by atoms with Crippen LogP contribution in [0.2, 0.25) is 0 Å². The van der Waals surface area contributed by atoms with Crippen LogP contribution in [-0.2, 0) is 0 Å². The van der Waals surface area contributed by atoms with Gasteiger partial charge in [0, 0.05) is 44.8 Å². The molecule has 1 atom stereocenters. The molecular weight excluding hydrogens is 246 g/mol. The van der Waals surface area contributed by atoms with Crippen LogP contribution in [0.5, 0.6) is 0 Å². The Labute approximate surface area is 123 Å². The summed E-state index contributed by atoms with van der Waals surface area (Å²) in [5.41, 5.74) is 10.3. The quantitative estimate of drug-likeness (QED) is 0.915. The first kappa shape index (κ1) is 15.5. The molecular formula is C17H29N3. The Balaban J connectivity index is 2.12. The second-order valence-corrected chi connectivity index (χ2v) is 6.21. The Bertz CT molecular complexity index is 434. The van der Waals surface area contributed by atoms with Crippen LogP contribution < -0.4 is 5.73 Å². The maximum absolute atomic E-state index is 6.09. The van der Waals surface area contributed by atoms with Gasteiger partial charge in [-0.15, -0.1) is 0 Å². The van der Waals surface area contributed by atoms with Gasteiger partial charge in [0.1, 0.15) is 0 Å². The fourth-order valence-electron chi connectivity index (χ4n) is 3.17. The van der Waals surface area contributed by atoms with Gasteiger partial charge in [0.05, 0.1) is 0 Å². The van der Waals surface area contributed by atoms with Gasteiger partial charge in [-0.25, -0.2) is 0 Å². The summed E-state index contributed by atoms with van der Waals surface area (Å²) in [6.45, 7) is 14.2. The second-order valence-electron chi connectivity index (χ2n) is 6.21. The van der Waals surface area contributed by atoms with Gasteiger partial charge in [-0.3, -0.25) is 9.80 Å². The van der Waals surface area contributed by atoms with Crippen molar-refractivity contribution in [1.82, 2.24) is 9.80 Å². The summed E-state index contributed by atoms with van der Waals surface area (Å²) >= 11 is 0. The molecule has 0 bridgehead atoms. The Morgan fingerprint density at radius 2 is 1.65 bits per heavy atom. The van der Waals surface area contributed by atoms with Gasteiger partial charge < -0.3 is 5.73 Å². The zero-order chi connectivity index (χ0) is 14.7. The van der Waals surface area contributed by atoms with E-state index in [1.165, 1.54) is 16.7 Å². The molecule has 1 saturated heterocycles. The van der Waals surface area contributed by atoms with Crippen molar-refractivity contribution in [3.63, 3.8) is 0 Å². The van der Waals surface area contributed by atoms with Crippen LogP contribution in [0.4, 0.5) is 0 Å². The van der Waals surface area contributed by atoms with E-state index in [0.717, 1.165) is 26.2 Å². The smallest absolute Gasteiger partial charge is 0.0474 e. The van der Waals surface area contributed by atoms with Crippen molar-refractivity contribution in [1.29, 1.82) is 0 Å². The highest BCUT2D eigenvalue weighted by Crippen LogP contribution is 2.26. The SMILES string of the molecule is Cc1cccc(C(CN)N2CCN(C(C)C)CC2)c1C. The van der Waals surface area contributed by atoms with Gasteiger partial charge in [-0.1, -0.05) is 18.2 Å². The van der Waals surface area contributed by atoms with Crippen molar-refractivity contribution in [2.75, 3.05) is 32.7 Å². The van der Waals surface area contributed by atoms with E-state index in [1.54, 1.807) is 0 Å². The van der Waals surface area contributed by atoms with Crippen LogP contribution in [0, 0.1) is 13.8 Å². The van der Waals surface area contributed by atoms with E-state index in [9.17, 15) is 0 Å². The van der Waals surface area contributed by atoms with Crippen molar-refractivity contribution in [3.05, 3.63) is 34.9 Å². The number of hydrogen-bond acceptors (Lipinski definition) is 3. The van der Waals surface area contributed by atoms with E-state index < -0.39 is 0 Å². The normalized spacial score (nSPS) is 19.5. The van der Waals surface area contributed by atoms with E-state index in [4.69, 9.17) is 5.73 Å². The molecule has 3 heteroatoms. The van der Waals surface area contributed by atoms with Crippen LogP contribution in [0.3, 0.4) is 0 Å². The van der Waals surface area contributed by atoms with Gasteiger partial charge >= 0.3 is 0 Å². The lowest BCUT2D eigenvalue weighted by Gasteiger charge is -2.41. The summed E-state index contributed by atoms with van der Waals surface area (Å²) in [4.78, 5) is 5.10. The molecule has 1 aromatic carbocycles. The molecule has 1 unspecified atom stereocenters. The molecule has 3 nitrogen and oxygen atoms in total. The fourth-order valence-corrected chi connectivity index (χ4v) is 3.17. The maximum atomic E-state index is 6.09. The minimum atomic E-state index is 0.365. The monoisotopic (exact) mass is 275 g/mol. The topological polar surface area (TPSA) is 32.5 Å². The van der Waals surface area contributed by atoms with E-state index >= 15 is 0 Å². The molecule has 0 saturated carbocycles. The Hall–Kier alpha value is -0.900. The predicted octanol–water partition coefficient (Wildman–Crippen LogP) is 2.33. The molecule has 0 aliphatic carbocycles. The van der Waals surface area contributed by atoms with Gasteiger partial charge in [0.2, 0.25) is 0 Å². The van der Waals surface area contributed by atoms with Crippen LogP contribution in [-0.4, -0.2) is 48.6 Å². The van der Waals surface area contributed by atoms with Crippen LogP contribution in [0.25, 0.3) is 0 Å². The Morgan fingerprint density at radius 1 is 1.05 bits per heavy atom. The molecule has 1 fully saturated rings. The predicted molar refractivity (Wildman–Crippen MR) is 86.0 cm³/mol. The third-order valence-corrected chi connectivity index (χ3v) is 4.75. The number of rotatable bonds is 4. The number of benzene rings is 1. The molecule has 0 aromatic heterocycles. The number of hydrogen-bond donors (Lipinski definition) is 1. The minimum Gasteiger partial charge on any atom is -0.329 e. The Morgan fingerprint density at radius 3 is 2.20 bits per heavy atom. The lowest BCUT2D eigenvalue weighted by molar-refractivity contribution is 0.0800. The van der Waals surface area contributed by atoms with E-state index in [-0.39, 0.29) is 0 Å². The van der Waals surface area contributed by atoms with Gasteiger partial charge in [0.15, 0.2) is 0 Å². The zero-order valence-corrected chi connectivity index (χ0v) is 13.4. The molecule has 1 aliphatic heterocycles. The molecule has 0 amide bonds. The molecule has 0 spiro atoms. The second kappa shape index (κ2) is 6.70. The molecule has 2 N–H and O–H groups in total. The standard InChI is InChI=1S/C17H29N3/c1-13(2)19-8-10-20(11-9-19)17(12-18)16-7-5-6-14(3)15(16)4/h5-7,13,17H,8-12,18H2,1-4H3. The van der Waals surface area contributed by atoms with Gasteiger partial charge in [-0.05, 0) is 44.4 Å². The average molecular weight is 275 g/mol. The van der Waals surface area contributed by atoms with Gasteiger partial charge in [-0.2, -0.15) is 0 Å². The Kier molecular flexibility index (Phi) is 5.19. The lowest BCUT2D eigenvalue weighted by Crippen LogP contribution is -2.51. The summed E-state index contributed by atoms with van der Waals surface area (Å²) in [5.74, 6) is 0. The van der Waals surface area contributed by atoms with Crippen molar-refractivity contribution < 1.29 is 0 Å². The summed E-state index contributed by atoms with van der Waals surface area (Å²) < 4.78 is 0. The maximum Gasteiger partial charge on any atom is 0.0474 e. The third kappa shape index (κ3) is 3.22. The van der Waals surface area contributed by atoms with Crippen LogP contribution in [0.1, 0.15) is 36.6 Å². The van der Waals surface area contributed by atoms with Crippen molar-refractivity contribution >= 4 is 0 Å². The highest BCUT2D eigenvalue weighted by atomic mass is 15.3. The number of nitrogens with two attached hydrogens (primary N) is 1. The number of piperazine rings is 1.